The van der Waals surface area contributed by atoms with Gasteiger partial charge in [-0.1, -0.05) is 29.7 Å². The number of rotatable bonds is 2. The van der Waals surface area contributed by atoms with Gasteiger partial charge in [0, 0.05) is 6.08 Å². The Kier molecular flexibility index (Phi) is 3.25. The number of hydrogen-bond donors (Lipinski definition) is 2. The Morgan fingerprint density at radius 1 is 1.14 bits per heavy atom. The van der Waals surface area contributed by atoms with Gasteiger partial charge in [0.15, 0.2) is 6.23 Å². The fourth-order valence-corrected chi connectivity index (χ4v) is 2.47. The molecule has 2 atom stereocenters. The number of carbonyl (C=O) groups is 3. The van der Waals surface area contributed by atoms with E-state index in [-0.39, 0.29) is 0 Å². The average Bonchev–Trinajstić information content (AvgIpc) is 2.40. The van der Waals surface area contributed by atoms with Crippen LogP contribution in [0.3, 0.4) is 0 Å². The number of urea groups is 1. The molecule has 3 amide bonds. The molecule has 104 valence electrons. The van der Waals surface area contributed by atoms with E-state index in [1.807, 2.05) is 12.1 Å². The molecule has 1 saturated heterocycles. The summed E-state index contributed by atoms with van der Waals surface area (Å²) in [4.78, 5) is 34.8. The van der Waals surface area contributed by atoms with Crippen LogP contribution in [0.25, 0.3) is 0 Å². The molecule has 2 heterocycles. The van der Waals surface area contributed by atoms with Gasteiger partial charge in [0.05, 0.1) is 0 Å². The number of fused-ring (bicyclic) bond motifs is 1. The van der Waals surface area contributed by atoms with Gasteiger partial charge in [0.1, 0.15) is 13.8 Å². The lowest BCUT2D eigenvalue weighted by molar-refractivity contribution is -0.152. The van der Waals surface area contributed by atoms with E-state index in [1.54, 1.807) is 12.1 Å². The molecule has 0 spiro atoms. The van der Waals surface area contributed by atoms with Gasteiger partial charge in [-0.25, -0.2) is 9.59 Å². The second-order valence-corrected chi connectivity index (χ2v) is 4.94. The van der Waals surface area contributed by atoms with Crippen LogP contribution in [0.4, 0.5) is 4.79 Å². The van der Waals surface area contributed by atoms with E-state index < -0.39 is 30.1 Å². The first-order valence-electron chi connectivity index (χ1n) is 6.40. The molecule has 2 radical (unpaired) electrons. The Morgan fingerprint density at radius 3 is 2.57 bits per heavy atom. The second kappa shape index (κ2) is 5.08. The Morgan fingerprint density at radius 2 is 1.86 bits per heavy atom. The third-order valence-electron chi connectivity index (χ3n) is 3.43. The first-order valence-corrected chi connectivity index (χ1v) is 6.40. The largest absolute Gasteiger partial charge is 0.437 e. The highest BCUT2D eigenvalue weighted by Crippen LogP contribution is 2.27. The second-order valence-electron chi connectivity index (χ2n) is 4.94. The SMILES string of the molecule is [B]c1ccc(CC2=CC(=O)OC3NC(=O)NC(=O)C23)cc1. The predicted molar refractivity (Wildman–Crippen MR) is 73.7 cm³/mol. The predicted octanol–water partition coefficient (Wildman–Crippen LogP) is -0.712. The molecule has 0 saturated carbocycles. The van der Waals surface area contributed by atoms with Crippen LogP contribution >= 0.6 is 0 Å². The summed E-state index contributed by atoms with van der Waals surface area (Å²) in [5.74, 6) is -1.76. The molecule has 1 aromatic carbocycles. The van der Waals surface area contributed by atoms with Gasteiger partial charge >= 0.3 is 12.0 Å². The molecular formula is C14H11BN2O4. The minimum atomic E-state index is -0.951. The molecule has 3 rings (SSSR count). The molecule has 2 aliphatic heterocycles. The lowest BCUT2D eigenvalue weighted by Crippen LogP contribution is -2.61. The van der Waals surface area contributed by atoms with Gasteiger partial charge in [-0.15, -0.1) is 0 Å². The van der Waals surface area contributed by atoms with E-state index >= 15 is 0 Å². The van der Waals surface area contributed by atoms with Crippen molar-refractivity contribution >= 4 is 31.2 Å². The topological polar surface area (TPSA) is 84.5 Å². The number of benzene rings is 1. The van der Waals surface area contributed by atoms with Crippen LogP contribution in [-0.2, 0) is 20.7 Å². The van der Waals surface area contributed by atoms with Crippen molar-refractivity contribution in [3.63, 3.8) is 0 Å². The van der Waals surface area contributed by atoms with Crippen molar-refractivity contribution in [2.45, 2.75) is 12.6 Å². The highest BCUT2D eigenvalue weighted by Gasteiger charge is 2.42. The maximum atomic E-state index is 12.0. The summed E-state index contributed by atoms with van der Waals surface area (Å²) >= 11 is 0. The van der Waals surface area contributed by atoms with Crippen molar-refractivity contribution in [1.82, 2.24) is 10.6 Å². The van der Waals surface area contributed by atoms with Crippen molar-refractivity contribution in [3.8, 4) is 0 Å². The van der Waals surface area contributed by atoms with Crippen molar-refractivity contribution in [2.24, 2.45) is 5.92 Å². The monoisotopic (exact) mass is 282 g/mol. The molecule has 0 bridgehead atoms. The van der Waals surface area contributed by atoms with E-state index in [1.165, 1.54) is 6.08 Å². The summed E-state index contributed by atoms with van der Waals surface area (Å²) in [5, 5.41) is 4.61. The van der Waals surface area contributed by atoms with E-state index in [0.717, 1.165) is 5.56 Å². The van der Waals surface area contributed by atoms with Gasteiger partial charge in [-0.05, 0) is 17.6 Å². The molecule has 2 unspecified atom stereocenters. The van der Waals surface area contributed by atoms with E-state index in [0.29, 0.717) is 17.5 Å². The summed E-state index contributed by atoms with van der Waals surface area (Å²) in [6.45, 7) is 0. The fourth-order valence-electron chi connectivity index (χ4n) is 2.47. The smallest absolute Gasteiger partial charge is 0.332 e. The summed E-state index contributed by atoms with van der Waals surface area (Å²) in [6, 6.07) is 6.48. The quantitative estimate of drug-likeness (QED) is 0.554. The lowest BCUT2D eigenvalue weighted by atomic mass is 9.87. The molecular weight excluding hydrogens is 271 g/mol. The molecule has 0 aromatic heterocycles. The highest BCUT2D eigenvalue weighted by atomic mass is 16.6. The zero-order valence-corrected chi connectivity index (χ0v) is 11.0. The number of carbonyl (C=O) groups excluding carboxylic acids is 3. The summed E-state index contributed by atoms with van der Waals surface area (Å²) in [5.41, 5.74) is 2.14. The Bertz CT molecular complexity index is 653. The minimum Gasteiger partial charge on any atom is -0.437 e. The zero-order chi connectivity index (χ0) is 15.0. The van der Waals surface area contributed by atoms with Crippen LogP contribution in [0.15, 0.2) is 35.9 Å². The summed E-state index contributed by atoms with van der Waals surface area (Å²) in [6.07, 6.45) is 0.751. The molecule has 1 aromatic rings. The van der Waals surface area contributed by atoms with Crippen LogP contribution in [-0.4, -0.2) is 32.0 Å². The molecule has 7 heteroatoms. The standard InChI is InChI=1S/C14H11BN2O4/c15-9-3-1-7(2-4-9)5-8-6-10(18)21-13-11(8)12(19)16-14(20)17-13/h1-4,6,11,13H,5H2,(H2,16,17,19,20). The molecule has 6 nitrogen and oxygen atoms in total. The van der Waals surface area contributed by atoms with E-state index in [9.17, 15) is 14.4 Å². The molecule has 1 fully saturated rings. The van der Waals surface area contributed by atoms with E-state index in [2.05, 4.69) is 10.6 Å². The first-order chi connectivity index (χ1) is 10.0. The van der Waals surface area contributed by atoms with Gasteiger partial charge < -0.3 is 10.1 Å². The van der Waals surface area contributed by atoms with Crippen molar-refractivity contribution in [2.75, 3.05) is 0 Å². The fraction of sp³-hybridized carbons (Fsp3) is 0.214. The third-order valence-corrected chi connectivity index (χ3v) is 3.43. The Labute approximate surface area is 121 Å². The number of imide groups is 1. The highest BCUT2D eigenvalue weighted by molar-refractivity contribution is 6.32. The number of hydrogen-bond acceptors (Lipinski definition) is 4. The van der Waals surface area contributed by atoms with Crippen LogP contribution in [0.1, 0.15) is 5.56 Å². The minimum absolute atomic E-state index is 0.403. The molecule has 0 aliphatic carbocycles. The third kappa shape index (κ3) is 2.67. The zero-order valence-electron chi connectivity index (χ0n) is 11.0. The van der Waals surface area contributed by atoms with Gasteiger partial charge in [-0.3, -0.25) is 10.1 Å². The number of nitrogens with one attached hydrogen (secondary N) is 2. The normalized spacial score (nSPS) is 24.4. The van der Waals surface area contributed by atoms with Crippen molar-refractivity contribution < 1.29 is 19.1 Å². The Hall–Kier alpha value is -2.57. The number of esters is 1. The van der Waals surface area contributed by atoms with Gasteiger partial charge in [-0.2, -0.15) is 0 Å². The van der Waals surface area contributed by atoms with Crippen molar-refractivity contribution in [3.05, 3.63) is 41.5 Å². The average molecular weight is 282 g/mol. The van der Waals surface area contributed by atoms with Gasteiger partial charge in [0.2, 0.25) is 5.91 Å². The summed E-state index contributed by atoms with van der Waals surface area (Å²) < 4.78 is 4.99. The maximum Gasteiger partial charge on any atom is 0.332 e. The lowest BCUT2D eigenvalue weighted by Gasteiger charge is -2.34. The van der Waals surface area contributed by atoms with Gasteiger partial charge in [0.25, 0.3) is 0 Å². The molecule has 2 aliphatic rings. The van der Waals surface area contributed by atoms with Crippen molar-refractivity contribution in [1.29, 1.82) is 0 Å². The molecule has 2 N–H and O–H groups in total. The number of ether oxygens (including phenoxy) is 1. The van der Waals surface area contributed by atoms with Crippen LogP contribution in [0.5, 0.6) is 0 Å². The Balaban J connectivity index is 1.88. The van der Waals surface area contributed by atoms with E-state index in [4.69, 9.17) is 12.6 Å². The maximum absolute atomic E-state index is 12.0. The number of amides is 3. The van der Waals surface area contributed by atoms with Crippen LogP contribution in [0, 0.1) is 5.92 Å². The van der Waals surface area contributed by atoms with Crippen LogP contribution in [0.2, 0.25) is 0 Å². The molecule has 21 heavy (non-hydrogen) atoms. The van der Waals surface area contributed by atoms with Crippen LogP contribution < -0.4 is 16.1 Å². The first kappa shape index (κ1) is 13.4. The summed E-state index contributed by atoms with van der Waals surface area (Å²) in [7, 11) is 5.63.